The number of carbonyl (C=O) groups is 4. The van der Waals surface area contributed by atoms with Crippen LogP contribution in [-0.4, -0.2) is 23.9 Å². The smallest absolute Gasteiger partial charge is 0.550 e. The number of hydrogen-bond acceptors (Lipinski definition) is 8. The molecule has 12 heteroatoms. The quantitative estimate of drug-likeness (QED) is 0.417. The van der Waals surface area contributed by atoms with Gasteiger partial charge in [-0.1, -0.05) is 0 Å². The molecular weight excluding hydrogens is 316 g/mol. The van der Waals surface area contributed by atoms with Crippen LogP contribution in [0.1, 0.15) is 12.8 Å². The summed E-state index contributed by atoms with van der Waals surface area (Å²) in [4.78, 5) is 41.2. The molecule has 90 valence electrons. The minimum Gasteiger partial charge on any atom is -0.550 e. The maximum atomic E-state index is 10.5. The number of carbonyl (C=O) groups excluding carboxylic acids is 4. The third-order valence-corrected chi connectivity index (χ3v) is 1.86. The van der Waals surface area contributed by atoms with Gasteiger partial charge in [0.05, 0.1) is 0 Å². The Kier molecular flexibility index (Phi) is 28.9. The summed E-state index contributed by atoms with van der Waals surface area (Å²) in [5, 5.41) is 41.2. The van der Waals surface area contributed by atoms with Crippen LogP contribution < -0.4 is 139 Å². The molecule has 0 saturated heterocycles. The monoisotopic (exact) mass is 322 g/mol. The fraction of sp³-hybridized carbons (Fsp3) is 0.500. The number of aliphatic carboxylic acids is 4. The Morgan fingerprint density at radius 1 is 0.600 bits per heavy atom. The molecule has 0 radical (unpaired) electrons. The second-order valence-electron chi connectivity index (χ2n) is 3.00. The molecular formula is C8H6Na4O8. The molecule has 0 aromatic carbocycles. The fourth-order valence-electron chi connectivity index (χ4n) is 1.14. The van der Waals surface area contributed by atoms with E-state index < -0.39 is 48.6 Å². The van der Waals surface area contributed by atoms with Gasteiger partial charge in [0, 0.05) is 35.7 Å². The van der Waals surface area contributed by atoms with Crippen molar-refractivity contribution in [1.29, 1.82) is 0 Å². The topological polar surface area (TPSA) is 161 Å². The summed E-state index contributed by atoms with van der Waals surface area (Å²) in [6.07, 6.45) is -2.34. The second kappa shape index (κ2) is 17.2. The van der Waals surface area contributed by atoms with Crippen LogP contribution in [-0.2, 0) is 19.2 Å². The SMILES string of the molecule is O=C([O-])CC(C(=O)[O-])C(CC(=O)[O-])C(=O)[O-].[Na+].[Na+].[Na+].[Na+]. The standard InChI is InChI=1S/C8H10O8.4Na/c9-5(10)1-3(7(13)14)4(8(15)16)2-6(11)12;;;;/h3-4H,1-2H2,(H,9,10)(H,11,12)(H,13,14)(H,15,16);;;;/q;4*+1/p-4. The van der Waals surface area contributed by atoms with Gasteiger partial charge in [-0.05, 0) is 12.8 Å². The van der Waals surface area contributed by atoms with Gasteiger partial charge < -0.3 is 39.6 Å². The minimum absolute atomic E-state index is 0. The molecule has 0 amide bonds. The van der Waals surface area contributed by atoms with E-state index in [4.69, 9.17) is 0 Å². The van der Waals surface area contributed by atoms with Crippen molar-refractivity contribution >= 4 is 23.9 Å². The van der Waals surface area contributed by atoms with Crippen LogP contribution in [0.3, 0.4) is 0 Å². The first-order chi connectivity index (χ1) is 7.25. The third kappa shape index (κ3) is 14.8. The fourth-order valence-corrected chi connectivity index (χ4v) is 1.14. The minimum atomic E-state index is -2.03. The number of rotatable bonds is 7. The Morgan fingerprint density at radius 2 is 0.800 bits per heavy atom. The molecule has 0 aliphatic heterocycles. The van der Waals surface area contributed by atoms with Crippen LogP contribution in [0.15, 0.2) is 0 Å². The zero-order valence-corrected chi connectivity index (χ0v) is 19.8. The van der Waals surface area contributed by atoms with E-state index in [1.807, 2.05) is 0 Å². The largest absolute Gasteiger partial charge is 1.00 e. The Hall–Kier alpha value is 1.88. The van der Waals surface area contributed by atoms with Crippen molar-refractivity contribution in [2.24, 2.45) is 11.8 Å². The van der Waals surface area contributed by atoms with Crippen LogP contribution in [0.5, 0.6) is 0 Å². The molecule has 2 unspecified atom stereocenters. The molecule has 0 spiro atoms. The summed E-state index contributed by atoms with van der Waals surface area (Å²) < 4.78 is 0. The summed E-state index contributed by atoms with van der Waals surface area (Å²) in [7, 11) is 0. The number of carboxylic acids is 4. The molecule has 0 saturated carbocycles. The first kappa shape index (κ1) is 33.5. The van der Waals surface area contributed by atoms with Gasteiger partial charge >= 0.3 is 118 Å². The molecule has 0 N–H and O–H groups in total. The average Bonchev–Trinajstić information content (AvgIpc) is 2.09. The van der Waals surface area contributed by atoms with Gasteiger partial charge in [-0.15, -0.1) is 0 Å². The zero-order chi connectivity index (χ0) is 12.9. The van der Waals surface area contributed by atoms with Crippen LogP contribution in [0.25, 0.3) is 0 Å². The van der Waals surface area contributed by atoms with Gasteiger partial charge in [0.1, 0.15) is 0 Å². The van der Waals surface area contributed by atoms with Crippen molar-refractivity contribution in [3.8, 4) is 0 Å². The van der Waals surface area contributed by atoms with Gasteiger partial charge in [-0.3, -0.25) is 0 Å². The van der Waals surface area contributed by atoms with Crippen molar-refractivity contribution in [1.82, 2.24) is 0 Å². The summed E-state index contributed by atoms with van der Waals surface area (Å²) >= 11 is 0. The molecule has 0 heterocycles. The Bertz CT molecular complexity index is 302. The van der Waals surface area contributed by atoms with Gasteiger partial charge in [0.15, 0.2) is 0 Å². The molecule has 0 bridgehead atoms. The molecule has 0 aliphatic rings. The number of hydrogen-bond donors (Lipinski definition) is 0. The van der Waals surface area contributed by atoms with Crippen LogP contribution >= 0.6 is 0 Å². The van der Waals surface area contributed by atoms with Crippen molar-refractivity contribution in [2.45, 2.75) is 12.8 Å². The Labute approximate surface area is 203 Å². The maximum Gasteiger partial charge on any atom is 1.00 e. The normalized spacial score (nSPS) is 11.0. The average molecular weight is 322 g/mol. The van der Waals surface area contributed by atoms with Crippen molar-refractivity contribution < 1.29 is 158 Å². The molecule has 0 aliphatic carbocycles. The summed E-state index contributed by atoms with van der Waals surface area (Å²) in [5.41, 5.74) is 0. The van der Waals surface area contributed by atoms with E-state index in [1.54, 1.807) is 0 Å². The van der Waals surface area contributed by atoms with E-state index in [0.29, 0.717) is 0 Å². The van der Waals surface area contributed by atoms with E-state index in [0.717, 1.165) is 0 Å². The Morgan fingerprint density at radius 3 is 0.900 bits per heavy atom. The number of carboxylic acid groups (broad SMARTS) is 4. The van der Waals surface area contributed by atoms with Gasteiger partial charge in [-0.25, -0.2) is 0 Å². The van der Waals surface area contributed by atoms with E-state index >= 15 is 0 Å². The molecule has 2 atom stereocenters. The van der Waals surface area contributed by atoms with Crippen molar-refractivity contribution in [3.63, 3.8) is 0 Å². The second-order valence-corrected chi connectivity index (χ2v) is 3.00. The predicted molar refractivity (Wildman–Crippen MR) is 36.2 cm³/mol. The summed E-state index contributed by atoms with van der Waals surface area (Å²) in [6.45, 7) is 0. The third-order valence-electron chi connectivity index (χ3n) is 1.86. The van der Waals surface area contributed by atoms with Gasteiger partial charge in [0.2, 0.25) is 0 Å². The van der Waals surface area contributed by atoms with E-state index in [2.05, 4.69) is 0 Å². The van der Waals surface area contributed by atoms with E-state index in [-0.39, 0.29) is 118 Å². The van der Waals surface area contributed by atoms with E-state index in [9.17, 15) is 39.6 Å². The molecule has 0 aromatic heterocycles. The Balaban J connectivity index is -0.000000187. The van der Waals surface area contributed by atoms with Crippen molar-refractivity contribution in [2.75, 3.05) is 0 Å². The predicted octanol–water partition coefficient (Wildman–Crippen LogP) is -18.0. The molecule has 0 fully saturated rings. The van der Waals surface area contributed by atoms with Crippen molar-refractivity contribution in [3.05, 3.63) is 0 Å². The first-order valence-corrected chi connectivity index (χ1v) is 4.07. The first-order valence-electron chi connectivity index (χ1n) is 4.07. The van der Waals surface area contributed by atoms with Crippen LogP contribution in [0.2, 0.25) is 0 Å². The molecule has 20 heavy (non-hydrogen) atoms. The zero-order valence-electron chi connectivity index (χ0n) is 11.8. The van der Waals surface area contributed by atoms with Crippen LogP contribution in [0.4, 0.5) is 0 Å². The van der Waals surface area contributed by atoms with Gasteiger partial charge in [-0.2, -0.15) is 0 Å². The van der Waals surface area contributed by atoms with Gasteiger partial charge in [0.25, 0.3) is 0 Å². The molecule has 0 rings (SSSR count). The maximum absolute atomic E-state index is 10.5. The summed E-state index contributed by atoms with van der Waals surface area (Å²) in [5.74, 6) is -11.7. The van der Waals surface area contributed by atoms with Crippen LogP contribution in [0, 0.1) is 11.8 Å². The summed E-state index contributed by atoms with van der Waals surface area (Å²) in [6, 6.07) is 0. The van der Waals surface area contributed by atoms with E-state index in [1.165, 1.54) is 0 Å². The molecule has 8 nitrogen and oxygen atoms in total. The molecule has 0 aromatic rings.